The van der Waals surface area contributed by atoms with Gasteiger partial charge in [0.25, 0.3) is 0 Å². The number of carbonyl (C=O) groups excluding carboxylic acids is 1. The van der Waals surface area contributed by atoms with Crippen LogP contribution in [0.15, 0.2) is 23.3 Å². The third kappa shape index (κ3) is 4.94. The van der Waals surface area contributed by atoms with Crippen LogP contribution in [-0.4, -0.2) is 45.3 Å². The summed E-state index contributed by atoms with van der Waals surface area (Å²) in [5.41, 5.74) is 3.16. The summed E-state index contributed by atoms with van der Waals surface area (Å²) in [6.45, 7) is 2.93. The second kappa shape index (κ2) is 7.94. The van der Waals surface area contributed by atoms with E-state index in [4.69, 9.17) is 18.9 Å². The van der Waals surface area contributed by atoms with Crippen LogP contribution in [0.1, 0.15) is 25.3 Å². The summed E-state index contributed by atoms with van der Waals surface area (Å²) in [6.07, 6.45) is 2.43. The molecule has 2 rings (SSSR count). The van der Waals surface area contributed by atoms with Crippen molar-refractivity contribution in [2.45, 2.75) is 25.6 Å². The molecule has 7 heteroatoms. The van der Waals surface area contributed by atoms with Gasteiger partial charge in [0.15, 0.2) is 5.79 Å². The van der Waals surface area contributed by atoms with Gasteiger partial charge >= 0.3 is 0 Å². The SMILES string of the molecule is COc1ccc(OC)c(/C=N\NC(=O)CC2(C)OCCCO2)c1. The largest absolute Gasteiger partial charge is 0.497 e. The van der Waals surface area contributed by atoms with E-state index >= 15 is 0 Å². The molecule has 0 atom stereocenters. The minimum Gasteiger partial charge on any atom is -0.497 e. The predicted octanol–water partition coefficient (Wildman–Crippen LogP) is 1.70. The van der Waals surface area contributed by atoms with Gasteiger partial charge < -0.3 is 18.9 Å². The molecule has 1 fully saturated rings. The Hall–Kier alpha value is -2.12. The van der Waals surface area contributed by atoms with Crippen molar-refractivity contribution in [1.29, 1.82) is 0 Å². The Morgan fingerprint density at radius 3 is 2.74 bits per heavy atom. The van der Waals surface area contributed by atoms with Gasteiger partial charge in [-0.3, -0.25) is 4.79 Å². The maximum atomic E-state index is 11.9. The Morgan fingerprint density at radius 1 is 1.35 bits per heavy atom. The monoisotopic (exact) mass is 322 g/mol. The molecule has 0 unspecified atom stereocenters. The number of rotatable bonds is 6. The molecule has 1 saturated heterocycles. The van der Waals surface area contributed by atoms with Gasteiger partial charge in [-0.25, -0.2) is 5.43 Å². The van der Waals surface area contributed by atoms with Crippen molar-refractivity contribution >= 4 is 12.1 Å². The first-order valence-corrected chi connectivity index (χ1v) is 7.38. The normalized spacial score (nSPS) is 17.0. The summed E-state index contributed by atoms with van der Waals surface area (Å²) < 4.78 is 21.4. The summed E-state index contributed by atoms with van der Waals surface area (Å²) in [4.78, 5) is 11.9. The summed E-state index contributed by atoms with van der Waals surface area (Å²) >= 11 is 0. The molecule has 0 aromatic heterocycles. The van der Waals surface area contributed by atoms with Crippen molar-refractivity contribution in [3.8, 4) is 11.5 Å². The van der Waals surface area contributed by atoms with Gasteiger partial charge in [0.2, 0.25) is 5.91 Å². The Labute approximate surface area is 135 Å². The number of ether oxygens (including phenoxy) is 4. The number of hydrogen-bond acceptors (Lipinski definition) is 6. The third-order valence-corrected chi connectivity index (χ3v) is 3.41. The molecule has 1 aromatic rings. The molecule has 1 amide bonds. The smallest absolute Gasteiger partial charge is 0.245 e. The molecule has 0 saturated carbocycles. The van der Waals surface area contributed by atoms with E-state index in [1.807, 2.05) is 0 Å². The second-order valence-electron chi connectivity index (χ2n) is 5.26. The van der Waals surface area contributed by atoms with Crippen LogP contribution in [0.25, 0.3) is 0 Å². The molecule has 0 aliphatic carbocycles. The summed E-state index contributed by atoms with van der Waals surface area (Å²) in [5, 5.41) is 3.95. The van der Waals surface area contributed by atoms with Crippen LogP contribution < -0.4 is 14.9 Å². The third-order valence-electron chi connectivity index (χ3n) is 3.41. The maximum Gasteiger partial charge on any atom is 0.245 e. The molecule has 1 aromatic carbocycles. The van der Waals surface area contributed by atoms with Crippen LogP contribution in [0, 0.1) is 0 Å². The molecule has 0 spiro atoms. The molecular weight excluding hydrogens is 300 g/mol. The molecule has 1 aliphatic rings. The lowest BCUT2D eigenvalue weighted by Gasteiger charge is -2.33. The molecule has 126 valence electrons. The Morgan fingerprint density at radius 2 is 2.09 bits per heavy atom. The van der Waals surface area contributed by atoms with Crippen LogP contribution in [0.4, 0.5) is 0 Å². The first-order chi connectivity index (χ1) is 11.1. The number of benzene rings is 1. The number of amides is 1. The number of carbonyl (C=O) groups is 1. The lowest BCUT2D eigenvalue weighted by molar-refractivity contribution is -0.256. The Balaban J connectivity index is 1.94. The van der Waals surface area contributed by atoms with Gasteiger partial charge in [0, 0.05) is 5.56 Å². The topological polar surface area (TPSA) is 78.4 Å². The quantitative estimate of drug-likeness (QED) is 0.637. The molecule has 7 nitrogen and oxygen atoms in total. The molecule has 0 radical (unpaired) electrons. The minimum atomic E-state index is -0.883. The maximum absolute atomic E-state index is 11.9. The highest BCUT2D eigenvalue weighted by Crippen LogP contribution is 2.23. The van der Waals surface area contributed by atoms with Crippen molar-refractivity contribution in [3.63, 3.8) is 0 Å². The van der Waals surface area contributed by atoms with Gasteiger partial charge in [0.1, 0.15) is 11.5 Å². The number of nitrogens with one attached hydrogen (secondary N) is 1. The van der Waals surface area contributed by atoms with E-state index in [2.05, 4.69) is 10.5 Å². The fourth-order valence-corrected chi connectivity index (χ4v) is 2.22. The van der Waals surface area contributed by atoms with E-state index in [0.717, 1.165) is 6.42 Å². The van der Waals surface area contributed by atoms with Crippen molar-refractivity contribution in [2.75, 3.05) is 27.4 Å². The van der Waals surface area contributed by atoms with Crippen molar-refractivity contribution in [2.24, 2.45) is 5.10 Å². The molecule has 1 aliphatic heterocycles. The van der Waals surface area contributed by atoms with E-state index < -0.39 is 5.79 Å². The number of nitrogens with zero attached hydrogens (tertiary/aromatic N) is 1. The van der Waals surface area contributed by atoms with Gasteiger partial charge in [-0.05, 0) is 31.5 Å². The predicted molar refractivity (Wildman–Crippen MR) is 84.8 cm³/mol. The summed E-state index contributed by atoms with van der Waals surface area (Å²) in [5.74, 6) is 0.142. The zero-order chi connectivity index (χ0) is 16.7. The van der Waals surface area contributed by atoms with Gasteiger partial charge in [-0.15, -0.1) is 0 Å². The van der Waals surface area contributed by atoms with Crippen LogP contribution in [0.2, 0.25) is 0 Å². The molecule has 1 N–H and O–H groups in total. The Kier molecular flexibility index (Phi) is 5.95. The van der Waals surface area contributed by atoms with Crippen molar-refractivity contribution in [3.05, 3.63) is 23.8 Å². The van der Waals surface area contributed by atoms with Gasteiger partial charge in [-0.1, -0.05) is 0 Å². The first-order valence-electron chi connectivity index (χ1n) is 7.38. The van der Waals surface area contributed by atoms with Crippen LogP contribution >= 0.6 is 0 Å². The second-order valence-corrected chi connectivity index (χ2v) is 5.26. The lowest BCUT2D eigenvalue weighted by atomic mass is 10.2. The highest BCUT2D eigenvalue weighted by Gasteiger charge is 2.31. The molecule has 0 bridgehead atoms. The Bertz CT molecular complexity index is 568. The van der Waals surface area contributed by atoms with Gasteiger partial charge in [-0.2, -0.15) is 5.10 Å². The highest BCUT2D eigenvalue weighted by molar-refractivity contribution is 5.86. The lowest BCUT2D eigenvalue weighted by Crippen LogP contribution is -2.41. The molecule has 23 heavy (non-hydrogen) atoms. The number of methoxy groups -OCH3 is 2. The van der Waals surface area contributed by atoms with E-state index in [1.165, 1.54) is 6.21 Å². The number of hydrogen-bond donors (Lipinski definition) is 1. The average Bonchev–Trinajstić information content (AvgIpc) is 2.54. The molecule has 1 heterocycles. The van der Waals surface area contributed by atoms with Crippen LogP contribution in [-0.2, 0) is 14.3 Å². The summed E-state index contributed by atoms with van der Waals surface area (Å²) in [7, 11) is 3.14. The zero-order valence-corrected chi connectivity index (χ0v) is 13.6. The molecular formula is C16H22N2O5. The standard InChI is InChI=1S/C16H22N2O5/c1-16(22-7-4-8-23-16)10-15(19)18-17-11-12-9-13(20-2)5-6-14(12)21-3/h5-6,9,11H,4,7-8,10H2,1-3H3,(H,18,19)/b17-11-. The van der Waals surface area contributed by atoms with Crippen molar-refractivity contribution < 1.29 is 23.7 Å². The highest BCUT2D eigenvalue weighted by atomic mass is 16.7. The van der Waals surface area contributed by atoms with E-state index in [0.29, 0.717) is 30.3 Å². The van der Waals surface area contributed by atoms with Gasteiger partial charge in [0.05, 0.1) is 40.1 Å². The van der Waals surface area contributed by atoms with Crippen LogP contribution in [0.5, 0.6) is 11.5 Å². The fourth-order valence-electron chi connectivity index (χ4n) is 2.22. The number of hydrazone groups is 1. The minimum absolute atomic E-state index is 0.0829. The fraction of sp³-hybridized carbons (Fsp3) is 0.500. The zero-order valence-electron chi connectivity index (χ0n) is 13.6. The van der Waals surface area contributed by atoms with E-state index in [-0.39, 0.29) is 12.3 Å². The summed E-state index contributed by atoms with van der Waals surface area (Å²) in [6, 6.07) is 5.32. The average molecular weight is 322 g/mol. The van der Waals surface area contributed by atoms with Crippen LogP contribution in [0.3, 0.4) is 0 Å². The first kappa shape index (κ1) is 17.2. The van der Waals surface area contributed by atoms with E-state index in [9.17, 15) is 4.79 Å². The van der Waals surface area contributed by atoms with Crippen molar-refractivity contribution in [1.82, 2.24) is 5.43 Å². The van der Waals surface area contributed by atoms with E-state index in [1.54, 1.807) is 39.3 Å².